The molecule has 0 fully saturated rings. The SMILES string of the molecule is CC/C(C)=c1/[nH]n2c(=O)c(C(C)C)c(C(C)C)nc2c1=Nc1ccc(N(CC)CC)cc1C. The Kier molecular flexibility index (Phi) is 7.45. The Morgan fingerprint density at radius 2 is 1.79 bits per heavy atom. The average Bonchev–Trinajstić information content (AvgIpc) is 3.14. The maximum absolute atomic E-state index is 13.5. The summed E-state index contributed by atoms with van der Waals surface area (Å²) in [6.07, 6.45) is 0.859. The molecule has 3 aromatic rings. The lowest BCUT2D eigenvalue weighted by atomic mass is 9.96. The molecule has 2 aromatic heterocycles. The zero-order valence-electron chi connectivity index (χ0n) is 21.7. The molecule has 3 rings (SSSR count). The van der Waals surface area contributed by atoms with Crippen LogP contribution in [0.4, 0.5) is 11.4 Å². The van der Waals surface area contributed by atoms with Crippen molar-refractivity contribution < 1.29 is 0 Å². The zero-order chi connectivity index (χ0) is 24.4. The predicted octanol–water partition coefficient (Wildman–Crippen LogP) is 4.96. The number of anilines is 1. The topological polar surface area (TPSA) is 65.8 Å². The molecule has 1 aromatic carbocycles. The van der Waals surface area contributed by atoms with Crippen molar-refractivity contribution in [2.45, 2.75) is 80.6 Å². The minimum Gasteiger partial charge on any atom is -0.372 e. The predicted molar refractivity (Wildman–Crippen MR) is 139 cm³/mol. The fourth-order valence-corrected chi connectivity index (χ4v) is 4.32. The third kappa shape index (κ3) is 4.61. The summed E-state index contributed by atoms with van der Waals surface area (Å²) in [6.45, 7) is 20.8. The number of hydrogen-bond acceptors (Lipinski definition) is 4. The van der Waals surface area contributed by atoms with E-state index in [4.69, 9.17) is 9.98 Å². The molecule has 0 atom stereocenters. The van der Waals surface area contributed by atoms with Gasteiger partial charge in [0.15, 0.2) is 5.65 Å². The fourth-order valence-electron chi connectivity index (χ4n) is 4.32. The van der Waals surface area contributed by atoms with Gasteiger partial charge in [-0.05, 0) is 75.3 Å². The van der Waals surface area contributed by atoms with Crippen LogP contribution in [-0.2, 0) is 0 Å². The van der Waals surface area contributed by atoms with Crippen LogP contribution in [0.25, 0.3) is 11.2 Å². The number of rotatable bonds is 7. The van der Waals surface area contributed by atoms with Crippen molar-refractivity contribution in [3.63, 3.8) is 0 Å². The molecular weight excluding hydrogens is 410 g/mol. The Morgan fingerprint density at radius 1 is 1.12 bits per heavy atom. The Bertz CT molecular complexity index is 1320. The largest absolute Gasteiger partial charge is 0.372 e. The zero-order valence-corrected chi connectivity index (χ0v) is 21.7. The number of aromatic nitrogens is 3. The van der Waals surface area contributed by atoms with Crippen LogP contribution in [0.15, 0.2) is 28.0 Å². The van der Waals surface area contributed by atoms with Crippen molar-refractivity contribution >= 4 is 22.6 Å². The van der Waals surface area contributed by atoms with Crippen molar-refractivity contribution in [1.29, 1.82) is 0 Å². The Morgan fingerprint density at radius 3 is 2.30 bits per heavy atom. The number of hydrogen-bond donors (Lipinski definition) is 1. The van der Waals surface area contributed by atoms with Gasteiger partial charge in [0.2, 0.25) is 0 Å². The van der Waals surface area contributed by atoms with Gasteiger partial charge in [-0.25, -0.2) is 9.98 Å². The molecule has 0 aliphatic heterocycles. The molecule has 0 unspecified atom stereocenters. The summed E-state index contributed by atoms with van der Waals surface area (Å²) in [7, 11) is 0. The molecule has 1 N–H and O–H groups in total. The maximum atomic E-state index is 13.5. The standard InChI is InChI=1S/C27H39N5O/c1-10-18(8)24-25(28-21-14-13-20(15-19(21)9)31(11-2)12-3)26-29-23(17(6)7)22(16(4)5)27(33)32(26)30-24/h13-17,30H,10-12H2,1-9H3/b24-18+,28-25?. The van der Waals surface area contributed by atoms with Crippen molar-refractivity contribution in [2.75, 3.05) is 18.0 Å². The smallest absolute Gasteiger partial charge is 0.276 e. The molecule has 33 heavy (non-hydrogen) atoms. The van der Waals surface area contributed by atoms with Gasteiger partial charge in [0.25, 0.3) is 5.56 Å². The minimum absolute atomic E-state index is 0.0288. The van der Waals surface area contributed by atoms with Crippen molar-refractivity contribution in [1.82, 2.24) is 14.6 Å². The molecule has 0 aliphatic carbocycles. The lowest BCUT2D eigenvalue weighted by Gasteiger charge is -2.21. The molecule has 0 spiro atoms. The van der Waals surface area contributed by atoms with E-state index in [0.717, 1.165) is 58.3 Å². The number of fused-ring (bicyclic) bond motifs is 1. The first-order valence-electron chi connectivity index (χ1n) is 12.2. The van der Waals surface area contributed by atoms with Crippen LogP contribution in [0.2, 0.25) is 0 Å². The molecule has 6 heteroatoms. The van der Waals surface area contributed by atoms with Crippen LogP contribution in [-0.4, -0.2) is 27.7 Å². The van der Waals surface area contributed by atoms with Crippen LogP contribution >= 0.6 is 0 Å². The first-order valence-corrected chi connectivity index (χ1v) is 12.2. The molecule has 6 nitrogen and oxygen atoms in total. The first-order chi connectivity index (χ1) is 15.6. The fraction of sp³-hybridized carbons (Fsp3) is 0.519. The summed E-state index contributed by atoms with van der Waals surface area (Å²) in [6, 6.07) is 6.38. The second kappa shape index (κ2) is 9.94. The molecule has 0 saturated carbocycles. The highest BCUT2D eigenvalue weighted by molar-refractivity contribution is 5.58. The van der Waals surface area contributed by atoms with Crippen LogP contribution in [0.1, 0.15) is 90.5 Å². The molecule has 0 bridgehead atoms. The average molecular weight is 450 g/mol. The monoisotopic (exact) mass is 449 g/mol. The van der Waals surface area contributed by atoms with Gasteiger partial charge in [-0.1, -0.05) is 34.6 Å². The molecule has 0 radical (unpaired) electrons. The van der Waals surface area contributed by atoms with Crippen LogP contribution < -0.4 is 21.2 Å². The minimum atomic E-state index is -0.0288. The third-order valence-electron chi connectivity index (χ3n) is 6.44. The Labute approximate surface area is 197 Å². The number of nitrogens with one attached hydrogen (secondary N) is 1. The number of benzene rings is 1. The molecular formula is C27H39N5O. The number of nitrogens with zero attached hydrogens (tertiary/aromatic N) is 4. The van der Waals surface area contributed by atoms with E-state index in [-0.39, 0.29) is 17.4 Å². The first kappa shape index (κ1) is 24.7. The van der Waals surface area contributed by atoms with E-state index >= 15 is 0 Å². The lowest BCUT2D eigenvalue weighted by molar-refractivity contribution is 0.720. The van der Waals surface area contributed by atoms with E-state index in [1.54, 1.807) is 4.52 Å². The highest BCUT2D eigenvalue weighted by Gasteiger charge is 2.20. The van der Waals surface area contributed by atoms with E-state index < -0.39 is 0 Å². The second-order valence-corrected chi connectivity index (χ2v) is 9.41. The van der Waals surface area contributed by atoms with Gasteiger partial charge in [0, 0.05) is 24.3 Å². The summed E-state index contributed by atoms with van der Waals surface area (Å²) >= 11 is 0. The van der Waals surface area contributed by atoms with Crippen molar-refractivity contribution in [2.24, 2.45) is 4.99 Å². The van der Waals surface area contributed by atoms with E-state index in [1.807, 2.05) is 0 Å². The lowest BCUT2D eigenvalue weighted by Crippen LogP contribution is -2.26. The summed E-state index contributed by atoms with van der Waals surface area (Å²) < 4.78 is 1.59. The van der Waals surface area contributed by atoms with Crippen molar-refractivity contribution in [3.05, 3.63) is 56.1 Å². The summed E-state index contributed by atoms with van der Waals surface area (Å²) in [5.41, 5.74) is 6.55. The normalized spacial score (nSPS) is 13.5. The molecule has 178 valence electrons. The van der Waals surface area contributed by atoms with Gasteiger partial charge in [0.05, 0.1) is 16.7 Å². The van der Waals surface area contributed by atoms with Gasteiger partial charge in [-0.15, -0.1) is 0 Å². The summed E-state index contributed by atoms with van der Waals surface area (Å²) in [5.74, 6) is 0.246. The highest BCUT2D eigenvalue weighted by atomic mass is 16.1. The van der Waals surface area contributed by atoms with Crippen LogP contribution in [0.3, 0.4) is 0 Å². The molecule has 0 saturated heterocycles. The quantitative estimate of drug-likeness (QED) is 0.555. The molecule has 0 amide bonds. The maximum Gasteiger partial charge on any atom is 0.276 e. The second-order valence-electron chi connectivity index (χ2n) is 9.41. The van der Waals surface area contributed by atoms with Crippen molar-refractivity contribution in [3.8, 4) is 0 Å². The summed E-state index contributed by atoms with van der Waals surface area (Å²) in [5, 5.41) is 4.95. The van der Waals surface area contributed by atoms with E-state index in [2.05, 4.69) is 90.5 Å². The van der Waals surface area contributed by atoms with Gasteiger partial charge in [-0.2, -0.15) is 4.52 Å². The number of H-pyrrole nitrogens is 1. The molecule has 0 aliphatic rings. The van der Waals surface area contributed by atoms with Gasteiger partial charge in [-0.3, -0.25) is 9.89 Å². The Balaban J connectivity index is 2.41. The summed E-state index contributed by atoms with van der Waals surface area (Å²) in [4.78, 5) is 25.9. The Hall–Kier alpha value is -2.89. The third-order valence-corrected chi connectivity index (χ3v) is 6.44. The van der Waals surface area contributed by atoms with Gasteiger partial charge in [0.1, 0.15) is 5.36 Å². The van der Waals surface area contributed by atoms with E-state index in [9.17, 15) is 4.79 Å². The number of aryl methyl sites for hydroxylation is 1. The number of aromatic amines is 1. The van der Waals surface area contributed by atoms with Gasteiger partial charge >= 0.3 is 0 Å². The van der Waals surface area contributed by atoms with Gasteiger partial charge < -0.3 is 4.90 Å². The van der Waals surface area contributed by atoms with Crippen LogP contribution in [0, 0.1) is 6.92 Å². The van der Waals surface area contributed by atoms with E-state index in [0.29, 0.717) is 5.65 Å². The van der Waals surface area contributed by atoms with E-state index in [1.165, 1.54) is 5.69 Å². The highest BCUT2D eigenvalue weighted by Crippen LogP contribution is 2.25. The molecule has 2 heterocycles. The van der Waals surface area contributed by atoms with Crippen LogP contribution in [0.5, 0.6) is 0 Å².